The lowest BCUT2D eigenvalue weighted by molar-refractivity contribution is 0.153. The normalized spacial score (nSPS) is 30.1. The van der Waals surface area contributed by atoms with E-state index in [4.69, 9.17) is 12.2 Å². The Labute approximate surface area is 111 Å². The summed E-state index contributed by atoms with van der Waals surface area (Å²) in [5.41, 5.74) is 2.44. The van der Waals surface area contributed by atoms with E-state index in [2.05, 4.69) is 10.7 Å². The van der Waals surface area contributed by atoms with Gasteiger partial charge in [-0.15, -0.1) is 0 Å². The highest BCUT2D eigenvalue weighted by molar-refractivity contribution is 7.80. The van der Waals surface area contributed by atoms with E-state index in [1.54, 1.807) is 0 Å². The third-order valence-electron chi connectivity index (χ3n) is 3.32. The number of benzene rings is 1. The lowest BCUT2D eigenvalue weighted by Gasteiger charge is -2.22. The number of hydrogen-bond donors (Lipinski definition) is 2. The molecule has 19 heavy (non-hydrogen) atoms. The molecule has 2 N–H and O–H groups in total. The Hall–Kier alpha value is -1.41. The van der Waals surface area contributed by atoms with Crippen LogP contribution in [0.2, 0.25) is 0 Å². The molecule has 3 rings (SSSR count). The SMILES string of the molecule is Fc1cc(F)c(F)c([C@@H]2C[C@H](F)C3NC(=S)NN32)c1. The topological polar surface area (TPSA) is 27.3 Å². The number of halogens is 4. The van der Waals surface area contributed by atoms with Crippen LogP contribution in [0.4, 0.5) is 17.6 Å². The minimum atomic E-state index is -1.32. The average molecular weight is 291 g/mol. The summed E-state index contributed by atoms with van der Waals surface area (Å²) in [6.07, 6.45) is -2.14. The van der Waals surface area contributed by atoms with Crippen molar-refractivity contribution in [2.24, 2.45) is 0 Å². The van der Waals surface area contributed by atoms with Crippen LogP contribution in [-0.2, 0) is 0 Å². The van der Waals surface area contributed by atoms with Gasteiger partial charge < -0.3 is 5.32 Å². The van der Waals surface area contributed by atoms with E-state index < -0.39 is 35.8 Å². The highest BCUT2D eigenvalue weighted by atomic mass is 32.1. The summed E-state index contributed by atoms with van der Waals surface area (Å²) in [5.74, 6) is -3.36. The van der Waals surface area contributed by atoms with E-state index in [9.17, 15) is 17.6 Å². The number of hydrogen-bond acceptors (Lipinski definition) is 2. The molecule has 0 bridgehead atoms. The van der Waals surface area contributed by atoms with Crippen molar-refractivity contribution in [3.63, 3.8) is 0 Å². The molecule has 1 aromatic rings. The summed E-state index contributed by atoms with van der Waals surface area (Å²) >= 11 is 4.84. The van der Waals surface area contributed by atoms with Gasteiger partial charge in [0.05, 0.1) is 6.04 Å². The van der Waals surface area contributed by atoms with Gasteiger partial charge in [-0.25, -0.2) is 17.6 Å². The Morgan fingerprint density at radius 1 is 1.26 bits per heavy atom. The van der Waals surface area contributed by atoms with Gasteiger partial charge in [0, 0.05) is 18.1 Å². The van der Waals surface area contributed by atoms with E-state index >= 15 is 0 Å². The summed E-state index contributed by atoms with van der Waals surface area (Å²) in [6, 6.07) is 0.512. The van der Waals surface area contributed by atoms with Crippen LogP contribution in [0.3, 0.4) is 0 Å². The van der Waals surface area contributed by atoms with Crippen molar-refractivity contribution in [2.75, 3.05) is 0 Å². The van der Waals surface area contributed by atoms with Crippen molar-refractivity contribution >= 4 is 17.3 Å². The van der Waals surface area contributed by atoms with E-state index in [1.807, 2.05) is 0 Å². The summed E-state index contributed by atoms with van der Waals surface area (Å²) in [6.45, 7) is 0. The van der Waals surface area contributed by atoms with Crippen molar-refractivity contribution < 1.29 is 17.6 Å². The van der Waals surface area contributed by atoms with Crippen LogP contribution in [0.25, 0.3) is 0 Å². The molecule has 0 saturated carbocycles. The fourth-order valence-corrected chi connectivity index (χ4v) is 2.74. The maximum absolute atomic E-state index is 13.8. The molecule has 2 fully saturated rings. The van der Waals surface area contributed by atoms with Crippen molar-refractivity contribution in [2.45, 2.75) is 24.8 Å². The summed E-state index contributed by atoms with van der Waals surface area (Å²) in [4.78, 5) is 0. The zero-order valence-electron chi connectivity index (χ0n) is 9.46. The molecule has 102 valence electrons. The molecule has 2 heterocycles. The second-order valence-electron chi connectivity index (χ2n) is 4.50. The quantitative estimate of drug-likeness (QED) is 0.469. The van der Waals surface area contributed by atoms with Crippen LogP contribution in [0, 0.1) is 17.5 Å². The van der Waals surface area contributed by atoms with E-state index in [-0.39, 0.29) is 17.1 Å². The number of nitrogens with one attached hydrogen (secondary N) is 2. The third kappa shape index (κ3) is 1.95. The summed E-state index contributed by atoms with van der Waals surface area (Å²) in [7, 11) is 0. The average Bonchev–Trinajstić information content (AvgIpc) is 2.84. The molecular formula is C11H9F4N3S. The Morgan fingerprint density at radius 2 is 2.00 bits per heavy atom. The molecule has 0 amide bonds. The lowest BCUT2D eigenvalue weighted by Crippen LogP contribution is -2.39. The fraction of sp³-hybridized carbons (Fsp3) is 0.364. The van der Waals surface area contributed by atoms with Gasteiger partial charge in [0.25, 0.3) is 0 Å². The molecule has 8 heteroatoms. The Balaban J connectivity index is 2.01. The zero-order chi connectivity index (χ0) is 13.7. The first-order chi connectivity index (χ1) is 8.97. The first-order valence-electron chi connectivity index (χ1n) is 5.61. The monoisotopic (exact) mass is 291 g/mol. The maximum atomic E-state index is 13.8. The van der Waals surface area contributed by atoms with E-state index in [0.717, 1.165) is 6.07 Å². The summed E-state index contributed by atoms with van der Waals surface area (Å²) in [5, 5.41) is 4.23. The van der Waals surface area contributed by atoms with Gasteiger partial charge in [-0.2, -0.15) is 5.01 Å². The van der Waals surface area contributed by atoms with Crippen LogP contribution in [-0.4, -0.2) is 22.5 Å². The number of thiocarbonyl (C=S) groups is 1. The molecule has 1 aromatic carbocycles. The second-order valence-corrected chi connectivity index (χ2v) is 4.90. The predicted octanol–water partition coefficient (Wildman–Crippen LogP) is 1.91. The molecular weight excluding hydrogens is 282 g/mol. The van der Waals surface area contributed by atoms with Crippen LogP contribution in [0.15, 0.2) is 12.1 Å². The largest absolute Gasteiger partial charge is 0.342 e. The van der Waals surface area contributed by atoms with Gasteiger partial charge in [-0.1, -0.05) is 0 Å². The second kappa shape index (κ2) is 4.31. The fourth-order valence-electron chi connectivity index (χ4n) is 2.51. The predicted molar refractivity (Wildman–Crippen MR) is 63.1 cm³/mol. The minimum Gasteiger partial charge on any atom is -0.342 e. The zero-order valence-corrected chi connectivity index (χ0v) is 10.3. The first-order valence-corrected chi connectivity index (χ1v) is 6.02. The standard InChI is InChI=1S/C11H9F4N3S/c12-4-1-5(9(15)6(13)2-4)8-3-7(14)10-16-11(19)17-18(8)10/h1-2,7-8,10H,3H2,(H2,16,17,19)/t7-,8-,10?/m0/s1. The lowest BCUT2D eigenvalue weighted by atomic mass is 10.0. The number of hydrazine groups is 1. The van der Waals surface area contributed by atoms with Gasteiger partial charge in [0.15, 0.2) is 16.7 Å². The molecule has 3 atom stereocenters. The summed E-state index contributed by atoms with van der Waals surface area (Å²) < 4.78 is 54.0. The van der Waals surface area contributed by atoms with Crippen molar-refractivity contribution in [1.29, 1.82) is 0 Å². The molecule has 0 aromatic heterocycles. The van der Waals surface area contributed by atoms with Crippen LogP contribution in [0.5, 0.6) is 0 Å². The van der Waals surface area contributed by atoms with Crippen LogP contribution < -0.4 is 10.7 Å². The van der Waals surface area contributed by atoms with Crippen LogP contribution >= 0.6 is 12.2 Å². The molecule has 3 nitrogen and oxygen atoms in total. The highest BCUT2D eigenvalue weighted by Crippen LogP contribution is 2.38. The molecule has 1 unspecified atom stereocenters. The number of nitrogens with zero attached hydrogens (tertiary/aromatic N) is 1. The van der Waals surface area contributed by atoms with Gasteiger partial charge in [-0.3, -0.25) is 5.43 Å². The maximum Gasteiger partial charge on any atom is 0.182 e. The Kier molecular flexibility index (Phi) is 2.86. The van der Waals surface area contributed by atoms with Crippen molar-refractivity contribution in [3.05, 3.63) is 35.1 Å². The van der Waals surface area contributed by atoms with Gasteiger partial charge >= 0.3 is 0 Å². The van der Waals surface area contributed by atoms with E-state index in [0.29, 0.717) is 6.07 Å². The molecule has 2 aliphatic rings. The van der Waals surface area contributed by atoms with Gasteiger partial charge in [-0.05, 0) is 18.3 Å². The van der Waals surface area contributed by atoms with Gasteiger partial charge in [0.2, 0.25) is 0 Å². The molecule has 0 aliphatic carbocycles. The number of alkyl halides is 1. The van der Waals surface area contributed by atoms with Crippen molar-refractivity contribution in [3.8, 4) is 0 Å². The van der Waals surface area contributed by atoms with E-state index in [1.165, 1.54) is 5.01 Å². The number of fused-ring (bicyclic) bond motifs is 1. The number of rotatable bonds is 1. The highest BCUT2D eigenvalue weighted by Gasteiger charge is 2.47. The molecule has 2 saturated heterocycles. The third-order valence-corrected chi connectivity index (χ3v) is 3.53. The first kappa shape index (κ1) is 12.6. The Bertz CT molecular complexity index is 553. The molecule has 0 radical (unpaired) electrons. The smallest absolute Gasteiger partial charge is 0.182 e. The van der Waals surface area contributed by atoms with Crippen molar-refractivity contribution in [1.82, 2.24) is 15.8 Å². The minimum absolute atomic E-state index is 0.0763. The Morgan fingerprint density at radius 3 is 2.74 bits per heavy atom. The van der Waals surface area contributed by atoms with Gasteiger partial charge in [0.1, 0.15) is 18.2 Å². The molecule has 2 aliphatic heterocycles. The molecule has 0 spiro atoms. The van der Waals surface area contributed by atoms with Crippen LogP contribution in [0.1, 0.15) is 18.0 Å².